The first kappa shape index (κ1) is 28.6. The Balaban J connectivity index is 1.25. The normalized spacial score (nSPS) is 15.0. The van der Waals surface area contributed by atoms with E-state index in [4.69, 9.17) is 9.26 Å². The summed E-state index contributed by atoms with van der Waals surface area (Å²) in [7, 11) is 0. The predicted molar refractivity (Wildman–Crippen MR) is 149 cm³/mol. The van der Waals surface area contributed by atoms with E-state index >= 15 is 0 Å². The van der Waals surface area contributed by atoms with E-state index in [1.807, 2.05) is 55.5 Å². The Hall–Kier alpha value is -3.91. The first-order chi connectivity index (χ1) is 19.6. The van der Waals surface area contributed by atoms with Gasteiger partial charge in [-0.3, -0.25) is 4.79 Å². The SMILES string of the molecule is CCOC(=O)C1(c2ccc(-c3ccc(-c4onc(C)c4C(O)CCCc4cccc(C(F)(F)F)c4)cc3)cc2)CC1. The topological polar surface area (TPSA) is 72.6 Å². The molecule has 5 nitrogen and oxygen atoms in total. The number of aromatic nitrogens is 1. The lowest BCUT2D eigenvalue weighted by atomic mass is 9.93. The lowest BCUT2D eigenvalue weighted by Gasteiger charge is -2.15. The molecule has 1 aliphatic carbocycles. The van der Waals surface area contributed by atoms with Crippen molar-refractivity contribution in [1.82, 2.24) is 5.16 Å². The first-order valence-electron chi connectivity index (χ1n) is 13.8. The summed E-state index contributed by atoms with van der Waals surface area (Å²) in [5.41, 5.74) is 4.28. The highest BCUT2D eigenvalue weighted by molar-refractivity contribution is 5.87. The van der Waals surface area contributed by atoms with Gasteiger partial charge in [-0.15, -0.1) is 0 Å². The molecule has 1 aromatic heterocycles. The van der Waals surface area contributed by atoms with E-state index in [-0.39, 0.29) is 5.97 Å². The van der Waals surface area contributed by atoms with E-state index in [0.29, 0.717) is 48.5 Å². The summed E-state index contributed by atoms with van der Waals surface area (Å²) in [6.45, 7) is 3.95. The maximum Gasteiger partial charge on any atom is 0.416 e. The molecule has 214 valence electrons. The van der Waals surface area contributed by atoms with Crippen molar-refractivity contribution in [2.75, 3.05) is 6.61 Å². The van der Waals surface area contributed by atoms with Gasteiger partial charge in [0.2, 0.25) is 0 Å². The summed E-state index contributed by atoms with van der Waals surface area (Å²) in [6, 6.07) is 21.0. The third kappa shape index (κ3) is 6.07. The van der Waals surface area contributed by atoms with E-state index in [1.54, 1.807) is 13.0 Å². The van der Waals surface area contributed by atoms with Crippen LogP contribution in [0.3, 0.4) is 0 Å². The molecule has 5 rings (SSSR count). The summed E-state index contributed by atoms with van der Waals surface area (Å²) < 4.78 is 49.9. The standard InChI is InChI=1S/C33H32F3NO4/c1-3-40-31(39)32(18-19-32)26-16-14-24(15-17-26)23-10-12-25(13-11-23)30-29(21(2)37-41-30)28(38)9-5-7-22-6-4-8-27(20-22)33(34,35)36/h4,6,8,10-17,20,28,38H,3,5,7,9,18-19H2,1-2H3. The molecule has 3 aromatic carbocycles. The number of hydrogen-bond donors (Lipinski definition) is 1. The minimum absolute atomic E-state index is 0.159. The molecule has 0 aliphatic heterocycles. The smallest absolute Gasteiger partial charge is 0.416 e. The number of aryl methyl sites for hydroxylation is 2. The van der Waals surface area contributed by atoms with Crippen LogP contribution in [-0.4, -0.2) is 22.8 Å². The number of hydrogen-bond acceptors (Lipinski definition) is 5. The molecule has 8 heteroatoms. The molecule has 1 atom stereocenters. The number of halogens is 3. The number of nitrogens with zero attached hydrogens (tertiary/aromatic N) is 1. The average Bonchev–Trinajstić information content (AvgIpc) is 3.69. The van der Waals surface area contributed by atoms with Crippen LogP contribution in [-0.2, 0) is 27.5 Å². The van der Waals surface area contributed by atoms with Gasteiger partial charge in [0.15, 0.2) is 5.76 Å². The second-order valence-corrected chi connectivity index (χ2v) is 10.6. The van der Waals surface area contributed by atoms with Crippen LogP contribution in [0.5, 0.6) is 0 Å². The Bertz CT molecular complexity index is 1500. The Morgan fingerprint density at radius 3 is 2.27 bits per heavy atom. The summed E-state index contributed by atoms with van der Waals surface area (Å²) in [6.07, 6.45) is -2.39. The molecule has 0 saturated heterocycles. The highest BCUT2D eigenvalue weighted by Crippen LogP contribution is 2.49. The van der Waals surface area contributed by atoms with Crippen molar-refractivity contribution in [2.24, 2.45) is 0 Å². The molecular weight excluding hydrogens is 531 g/mol. The minimum atomic E-state index is -4.38. The van der Waals surface area contributed by atoms with Gasteiger partial charge in [0.1, 0.15) is 0 Å². The van der Waals surface area contributed by atoms with E-state index < -0.39 is 23.3 Å². The van der Waals surface area contributed by atoms with Crippen LogP contribution in [0.15, 0.2) is 77.3 Å². The van der Waals surface area contributed by atoms with Crippen molar-refractivity contribution in [3.05, 3.63) is 101 Å². The third-order valence-electron chi connectivity index (χ3n) is 7.77. The van der Waals surface area contributed by atoms with E-state index in [0.717, 1.165) is 47.2 Å². The first-order valence-corrected chi connectivity index (χ1v) is 13.8. The number of aliphatic hydroxyl groups is 1. The summed E-state index contributed by atoms with van der Waals surface area (Å²) in [5, 5.41) is 15.1. The molecule has 1 saturated carbocycles. The Morgan fingerprint density at radius 1 is 1.02 bits per heavy atom. The van der Waals surface area contributed by atoms with Gasteiger partial charge < -0.3 is 14.4 Å². The molecule has 1 unspecified atom stereocenters. The second kappa shape index (κ2) is 11.5. The molecule has 0 amide bonds. The summed E-state index contributed by atoms with van der Waals surface area (Å²) in [4.78, 5) is 12.4. The van der Waals surface area contributed by atoms with Crippen LogP contribution in [0.1, 0.15) is 66.7 Å². The van der Waals surface area contributed by atoms with Gasteiger partial charge in [-0.05, 0) is 74.3 Å². The fraction of sp³-hybridized carbons (Fsp3) is 0.333. The fourth-order valence-corrected chi connectivity index (χ4v) is 5.33. The number of benzene rings is 3. The zero-order valence-electron chi connectivity index (χ0n) is 23.0. The molecular formula is C33H32F3NO4. The lowest BCUT2D eigenvalue weighted by molar-refractivity contribution is -0.146. The van der Waals surface area contributed by atoms with Crippen LogP contribution >= 0.6 is 0 Å². The number of aliphatic hydroxyl groups excluding tert-OH is 1. The fourth-order valence-electron chi connectivity index (χ4n) is 5.33. The summed E-state index contributed by atoms with van der Waals surface area (Å²) >= 11 is 0. The molecule has 0 radical (unpaired) electrons. The van der Waals surface area contributed by atoms with Gasteiger partial charge in [-0.25, -0.2) is 0 Å². The largest absolute Gasteiger partial charge is 0.465 e. The van der Waals surface area contributed by atoms with Gasteiger partial charge in [0, 0.05) is 5.56 Å². The molecule has 4 aromatic rings. The zero-order chi connectivity index (χ0) is 29.2. The minimum Gasteiger partial charge on any atom is -0.465 e. The number of ether oxygens (including phenoxy) is 1. The van der Waals surface area contributed by atoms with Crippen LogP contribution in [0, 0.1) is 6.92 Å². The van der Waals surface area contributed by atoms with Gasteiger partial charge >= 0.3 is 12.1 Å². The maximum atomic E-state index is 13.0. The highest BCUT2D eigenvalue weighted by Gasteiger charge is 2.52. The predicted octanol–water partition coefficient (Wildman–Crippen LogP) is 7.99. The van der Waals surface area contributed by atoms with Crippen molar-refractivity contribution in [3.8, 4) is 22.5 Å². The van der Waals surface area contributed by atoms with Crippen LogP contribution in [0.4, 0.5) is 13.2 Å². The Labute approximate surface area is 237 Å². The number of alkyl halides is 3. The monoisotopic (exact) mass is 563 g/mol. The van der Waals surface area contributed by atoms with Crippen molar-refractivity contribution in [2.45, 2.75) is 63.6 Å². The van der Waals surface area contributed by atoms with Crippen LogP contribution < -0.4 is 0 Å². The zero-order valence-corrected chi connectivity index (χ0v) is 23.0. The van der Waals surface area contributed by atoms with Crippen molar-refractivity contribution < 1.29 is 32.3 Å². The number of esters is 1. The van der Waals surface area contributed by atoms with Gasteiger partial charge in [-0.1, -0.05) is 71.9 Å². The lowest BCUT2D eigenvalue weighted by Crippen LogP contribution is -2.23. The Kier molecular flexibility index (Phi) is 8.04. The quantitative estimate of drug-likeness (QED) is 0.198. The van der Waals surface area contributed by atoms with Crippen LogP contribution in [0.25, 0.3) is 22.5 Å². The number of carbonyl (C=O) groups is 1. The molecule has 0 bridgehead atoms. The number of carbonyl (C=O) groups excluding carboxylic acids is 1. The second-order valence-electron chi connectivity index (χ2n) is 10.6. The van der Waals surface area contributed by atoms with Crippen molar-refractivity contribution in [3.63, 3.8) is 0 Å². The number of rotatable bonds is 10. The summed E-state index contributed by atoms with van der Waals surface area (Å²) in [5.74, 6) is 0.314. The molecule has 1 fully saturated rings. The van der Waals surface area contributed by atoms with E-state index in [2.05, 4.69) is 5.16 Å². The van der Waals surface area contributed by atoms with Gasteiger partial charge in [0.05, 0.1) is 34.9 Å². The van der Waals surface area contributed by atoms with E-state index in [9.17, 15) is 23.1 Å². The molecule has 41 heavy (non-hydrogen) atoms. The molecule has 0 spiro atoms. The van der Waals surface area contributed by atoms with Gasteiger partial charge in [0.25, 0.3) is 0 Å². The third-order valence-corrected chi connectivity index (χ3v) is 7.77. The van der Waals surface area contributed by atoms with Gasteiger partial charge in [-0.2, -0.15) is 13.2 Å². The average molecular weight is 564 g/mol. The highest BCUT2D eigenvalue weighted by atomic mass is 19.4. The maximum absolute atomic E-state index is 13.0. The molecule has 1 heterocycles. The molecule has 1 aliphatic rings. The van der Waals surface area contributed by atoms with Crippen molar-refractivity contribution >= 4 is 5.97 Å². The molecule has 1 N–H and O–H groups in total. The van der Waals surface area contributed by atoms with Crippen LogP contribution in [0.2, 0.25) is 0 Å². The van der Waals surface area contributed by atoms with E-state index in [1.165, 1.54) is 6.07 Å². The Morgan fingerprint density at radius 2 is 1.66 bits per heavy atom. The van der Waals surface area contributed by atoms with Crippen molar-refractivity contribution in [1.29, 1.82) is 0 Å².